The van der Waals surface area contributed by atoms with E-state index in [1.165, 1.54) is 29.5 Å². The predicted molar refractivity (Wildman–Crippen MR) is 131 cm³/mol. The van der Waals surface area contributed by atoms with Gasteiger partial charge in [-0.25, -0.2) is 4.98 Å². The first-order valence-electron chi connectivity index (χ1n) is 11.1. The molecule has 0 atom stereocenters. The van der Waals surface area contributed by atoms with Gasteiger partial charge in [-0.2, -0.15) is 0 Å². The van der Waals surface area contributed by atoms with E-state index in [0.29, 0.717) is 0 Å². The number of nitrogens with one attached hydrogen (secondary N) is 2. The van der Waals surface area contributed by atoms with Crippen molar-refractivity contribution < 1.29 is 0 Å². The Balaban J connectivity index is 1.28. The van der Waals surface area contributed by atoms with Crippen LogP contribution in [0.4, 0.5) is 5.82 Å². The van der Waals surface area contributed by atoms with Crippen LogP contribution in [-0.4, -0.2) is 24.3 Å². The van der Waals surface area contributed by atoms with Crippen molar-refractivity contribution in [1.82, 2.24) is 10.3 Å². The summed E-state index contributed by atoms with van der Waals surface area (Å²) in [5.74, 6) is 1.61. The third kappa shape index (κ3) is 4.59. The van der Waals surface area contributed by atoms with E-state index in [1.807, 2.05) is 18.6 Å². The van der Waals surface area contributed by atoms with Crippen LogP contribution < -0.4 is 10.6 Å². The predicted octanol–water partition coefficient (Wildman–Crippen LogP) is 5.68. The van der Waals surface area contributed by atoms with Gasteiger partial charge < -0.3 is 10.6 Å². The SMILES string of the molecule is C=C(Nc1cc2cc(C3=CN=CC3)ccc2cn1)c1ccc(CC2CCNCC2)cc1. The Morgan fingerprint density at radius 1 is 1.03 bits per heavy atom. The Labute approximate surface area is 183 Å². The summed E-state index contributed by atoms with van der Waals surface area (Å²) < 4.78 is 0. The summed E-state index contributed by atoms with van der Waals surface area (Å²) in [6.45, 7) is 6.54. The second-order valence-corrected chi connectivity index (χ2v) is 8.52. The summed E-state index contributed by atoms with van der Waals surface area (Å²) in [4.78, 5) is 8.80. The van der Waals surface area contributed by atoms with Gasteiger partial charge in [0.15, 0.2) is 0 Å². The van der Waals surface area contributed by atoms with Crippen LogP contribution >= 0.6 is 0 Å². The van der Waals surface area contributed by atoms with Crippen LogP contribution in [0.3, 0.4) is 0 Å². The van der Waals surface area contributed by atoms with Crippen molar-refractivity contribution in [3.05, 3.63) is 84.2 Å². The van der Waals surface area contributed by atoms with Crippen LogP contribution in [0.15, 0.2) is 72.5 Å². The fourth-order valence-corrected chi connectivity index (χ4v) is 4.44. The highest BCUT2D eigenvalue weighted by Gasteiger charge is 2.13. The number of anilines is 1. The van der Waals surface area contributed by atoms with Crippen molar-refractivity contribution >= 4 is 34.1 Å². The van der Waals surface area contributed by atoms with Gasteiger partial charge in [-0.15, -0.1) is 0 Å². The first-order chi connectivity index (χ1) is 15.2. The highest BCUT2D eigenvalue weighted by Crippen LogP contribution is 2.27. The normalized spacial score (nSPS) is 16.5. The van der Waals surface area contributed by atoms with Gasteiger partial charge in [-0.1, -0.05) is 43.0 Å². The zero-order valence-corrected chi connectivity index (χ0v) is 17.8. The van der Waals surface area contributed by atoms with E-state index in [2.05, 4.69) is 75.7 Å². The number of fused-ring (bicyclic) bond motifs is 1. The van der Waals surface area contributed by atoms with Crippen molar-refractivity contribution in [2.75, 3.05) is 18.4 Å². The van der Waals surface area contributed by atoms with Crippen LogP contribution in [-0.2, 0) is 6.42 Å². The summed E-state index contributed by atoms with van der Waals surface area (Å²) in [5, 5.41) is 9.12. The number of hydrogen-bond acceptors (Lipinski definition) is 4. The van der Waals surface area contributed by atoms with Crippen molar-refractivity contribution in [3.63, 3.8) is 0 Å². The Bertz CT molecular complexity index is 1150. The maximum atomic E-state index is 4.58. The molecule has 4 heteroatoms. The minimum Gasteiger partial charge on any atom is -0.340 e. The summed E-state index contributed by atoms with van der Waals surface area (Å²) in [7, 11) is 0. The van der Waals surface area contributed by atoms with Crippen LogP contribution in [0.1, 0.15) is 36.0 Å². The van der Waals surface area contributed by atoms with Crippen LogP contribution in [0, 0.1) is 5.92 Å². The molecule has 0 spiro atoms. The monoisotopic (exact) mass is 408 g/mol. The molecule has 1 fully saturated rings. The van der Waals surface area contributed by atoms with Gasteiger partial charge in [0.25, 0.3) is 0 Å². The zero-order valence-electron chi connectivity index (χ0n) is 17.8. The number of rotatable bonds is 6. The molecular formula is C27H28N4. The lowest BCUT2D eigenvalue weighted by Crippen LogP contribution is -2.28. The number of nitrogens with zero attached hydrogens (tertiary/aromatic N) is 2. The van der Waals surface area contributed by atoms with E-state index < -0.39 is 0 Å². The van der Waals surface area contributed by atoms with Gasteiger partial charge in [0.2, 0.25) is 0 Å². The summed E-state index contributed by atoms with van der Waals surface area (Å²) >= 11 is 0. The molecule has 3 aromatic rings. The van der Waals surface area contributed by atoms with Gasteiger partial charge >= 0.3 is 0 Å². The van der Waals surface area contributed by atoms with Gasteiger partial charge in [0.05, 0.1) is 0 Å². The summed E-state index contributed by atoms with van der Waals surface area (Å²) in [6, 6.07) is 17.4. The van der Waals surface area contributed by atoms with Crippen molar-refractivity contribution in [1.29, 1.82) is 0 Å². The molecule has 0 saturated carbocycles. The second kappa shape index (κ2) is 8.86. The Morgan fingerprint density at radius 3 is 2.65 bits per heavy atom. The minimum atomic E-state index is 0.798. The van der Waals surface area contributed by atoms with Gasteiger partial charge in [-0.3, -0.25) is 4.99 Å². The van der Waals surface area contributed by atoms with Crippen molar-refractivity contribution in [3.8, 4) is 0 Å². The lowest BCUT2D eigenvalue weighted by molar-refractivity contribution is 0.372. The third-order valence-electron chi connectivity index (χ3n) is 6.30. The summed E-state index contributed by atoms with van der Waals surface area (Å²) in [6.07, 6.45) is 10.4. The molecule has 1 saturated heterocycles. The minimum absolute atomic E-state index is 0.798. The maximum absolute atomic E-state index is 4.58. The lowest BCUT2D eigenvalue weighted by Gasteiger charge is -2.22. The third-order valence-corrected chi connectivity index (χ3v) is 6.30. The van der Waals surface area contributed by atoms with E-state index in [9.17, 15) is 0 Å². The number of allylic oxidation sites excluding steroid dienone is 1. The number of piperidine rings is 1. The van der Waals surface area contributed by atoms with Crippen molar-refractivity contribution in [2.45, 2.75) is 25.7 Å². The molecule has 1 aromatic heterocycles. The van der Waals surface area contributed by atoms with Crippen LogP contribution in [0.25, 0.3) is 22.0 Å². The topological polar surface area (TPSA) is 49.3 Å². The highest BCUT2D eigenvalue weighted by molar-refractivity contribution is 5.91. The molecule has 4 nitrogen and oxygen atoms in total. The smallest absolute Gasteiger partial charge is 0.130 e. The van der Waals surface area contributed by atoms with E-state index in [4.69, 9.17) is 0 Å². The van der Waals surface area contributed by atoms with Gasteiger partial charge in [-0.05, 0) is 78.1 Å². The zero-order chi connectivity index (χ0) is 21.0. The first kappa shape index (κ1) is 19.7. The quantitative estimate of drug-likeness (QED) is 0.552. The van der Waals surface area contributed by atoms with Gasteiger partial charge in [0.1, 0.15) is 5.82 Å². The first-order valence-corrected chi connectivity index (χ1v) is 11.1. The Morgan fingerprint density at radius 2 is 1.87 bits per heavy atom. The molecule has 0 aliphatic carbocycles. The maximum Gasteiger partial charge on any atom is 0.130 e. The molecule has 2 aromatic carbocycles. The van der Waals surface area contributed by atoms with Crippen LogP contribution in [0.5, 0.6) is 0 Å². The largest absolute Gasteiger partial charge is 0.340 e. The molecule has 2 aliphatic heterocycles. The molecule has 2 aliphatic rings. The standard InChI is InChI=1S/C27H28N4/c1-19(22-4-2-20(3-5-22)14-21-8-11-28-12-9-21)31-27-16-26-15-23(25-10-13-29-17-25)6-7-24(26)18-30-27/h2-7,13,15-18,21,28H,1,8-12,14H2,(H,30,31). The van der Waals surface area contributed by atoms with E-state index in [0.717, 1.165) is 59.7 Å². The molecule has 0 bridgehead atoms. The Kier molecular flexibility index (Phi) is 5.63. The molecule has 0 amide bonds. The van der Waals surface area contributed by atoms with Crippen LogP contribution in [0.2, 0.25) is 0 Å². The average Bonchev–Trinajstić information content (AvgIpc) is 3.35. The molecule has 31 heavy (non-hydrogen) atoms. The summed E-state index contributed by atoms with van der Waals surface area (Å²) in [5.41, 5.74) is 5.83. The van der Waals surface area contributed by atoms with E-state index in [-0.39, 0.29) is 0 Å². The molecule has 2 N–H and O–H groups in total. The highest BCUT2D eigenvalue weighted by atomic mass is 15.0. The second-order valence-electron chi connectivity index (χ2n) is 8.52. The van der Waals surface area contributed by atoms with E-state index >= 15 is 0 Å². The molecule has 0 unspecified atom stereocenters. The number of benzene rings is 2. The number of pyridine rings is 1. The number of aliphatic imine (C=N–C) groups is 1. The lowest BCUT2D eigenvalue weighted by atomic mass is 9.90. The molecule has 0 radical (unpaired) electrons. The number of hydrogen-bond donors (Lipinski definition) is 2. The molecule has 5 rings (SSSR count). The fraction of sp³-hybridized carbons (Fsp3) is 0.259. The average molecular weight is 409 g/mol. The van der Waals surface area contributed by atoms with Crippen molar-refractivity contribution in [2.24, 2.45) is 10.9 Å². The molecule has 3 heterocycles. The molecular weight excluding hydrogens is 380 g/mol. The molecule has 156 valence electrons. The Hall–Kier alpha value is -3.24. The van der Waals surface area contributed by atoms with E-state index in [1.54, 1.807) is 0 Å². The number of aromatic nitrogens is 1. The van der Waals surface area contributed by atoms with Gasteiger partial charge in [0, 0.05) is 36.1 Å². The fourth-order valence-electron chi connectivity index (χ4n) is 4.44.